The first-order valence-electron chi connectivity index (χ1n) is 10.8. The summed E-state index contributed by atoms with van der Waals surface area (Å²) in [4.78, 5) is 24.1. The Bertz CT molecular complexity index is 1300. The van der Waals surface area contributed by atoms with Crippen molar-refractivity contribution in [2.24, 2.45) is 0 Å². The number of aryl methyl sites for hydroxylation is 1. The molecule has 0 aliphatic carbocycles. The summed E-state index contributed by atoms with van der Waals surface area (Å²) in [6, 6.07) is 3.50. The number of ether oxygens (including phenoxy) is 3. The van der Waals surface area contributed by atoms with E-state index in [9.17, 15) is 18.0 Å². The highest BCUT2D eigenvalue weighted by Gasteiger charge is 2.56. The molecule has 0 aromatic carbocycles. The number of halogens is 3. The van der Waals surface area contributed by atoms with Crippen molar-refractivity contribution in [2.75, 3.05) is 25.7 Å². The number of pyridine rings is 2. The number of rotatable bonds is 5. The van der Waals surface area contributed by atoms with Crippen LogP contribution in [-0.4, -0.2) is 52.7 Å². The van der Waals surface area contributed by atoms with Gasteiger partial charge in [-0.15, -0.1) is 0 Å². The fraction of sp³-hybridized carbons (Fsp3) is 0.391. The molecule has 2 aliphatic rings. The third kappa shape index (κ3) is 3.77. The molecule has 3 aromatic rings. The van der Waals surface area contributed by atoms with Gasteiger partial charge in [-0.05, 0) is 31.0 Å². The van der Waals surface area contributed by atoms with Crippen molar-refractivity contribution in [2.45, 2.75) is 38.2 Å². The van der Waals surface area contributed by atoms with Crippen LogP contribution in [0.4, 0.5) is 18.9 Å². The number of anilines is 1. The minimum atomic E-state index is -4.44. The van der Waals surface area contributed by atoms with Crippen LogP contribution in [0, 0.1) is 6.92 Å². The molecule has 2 aliphatic heterocycles. The number of fused-ring (bicyclic) bond motifs is 2. The predicted octanol–water partition coefficient (Wildman–Crippen LogP) is 3.85. The summed E-state index contributed by atoms with van der Waals surface area (Å²) >= 11 is 0. The number of carbonyl (C=O) groups is 1. The van der Waals surface area contributed by atoms with E-state index in [1.807, 2.05) is 0 Å². The maximum Gasteiger partial charge on any atom is 0.408 e. The number of methoxy groups -OCH3 is 2. The third-order valence-electron chi connectivity index (χ3n) is 6.11. The third-order valence-corrected chi connectivity index (χ3v) is 6.11. The maximum atomic E-state index is 13.6. The average molecular weight is 489 g/mol. The van der Waals surface area contributed by atoms with E-state index in [1.165, 1.54) is 31.5 Å². The Hall–Kier alpha value is -3.67. The van der Waals surface area contributed by atoms with Crippen LogP contribution in [-0.2, 0) is 17.0 Å². The molecule has 0 bridgehead atoms. The molecule has 0 unspecified atom stereocenters. The number of hydrogen-bond donors (Lipinski definition) is 0. The molecule has 5 rings (SSSR count). The fourth-order valence-electron chi connectivity index (χ4n) is 4.68. The lowest BCUT2D eigenvalue weighted by Gasteiger charge is -2.33. The standard InChI is InChI=1S/C23H22F3N5O4/c1-13-7-16(14-8-17(33-2)20(34-3)27-9-14)29-19-18(13)21(32)31(22(19)5-4-6-35-22)15-10-28-30(11-15)12-23(24,25)26/h7-11H,4-6,12H2,1-3H3/t22-/m1/s1. The van der Waals surface area contributed by atoms with E-state index in [0.29, 0.717) is 59.2 Å². The van der Waals surface area contributed by atoms with Crippen LogP contribution in [0.1, 0.15) is 34.5 Å². The molecule has 0 N–H and O–H groups in total. The summed E-state index contributed by atoms with van der Waals surface area (Å²) in [5.74, 6) is 0.351. The zero-order valence-corrected chi connectivity index (χ0v) is 19.2. The van der Waals surface area contributed by atoms with Gasteiger partial charge >= 0.3 is 6.18 Å². The van der Waals surface area contributed by atoms with Gasteiger partial charge in [0.25, 0.3) is 11.8 Å². The first kappa shape index (κ1) is 23.1. The van der Waals surface area contributed by atoms with Crippen molar-refractivity contribution < 1.29 is 32.2 Å². The van der Waals surface area contributed by atoms with Gasteiger partial charge in [0.05, 0.1) is 44.0 Å². The second-order valence-electron chi connectivity index (χ2n) is 8.37. The number of aromatic nitrogens is 4. The Balaban J connectivity index is 1.61. The summed E-state index contributed by atoms with van der Waals surface area (Å²) in [6.07, 6.45) is 0.693. The van der Waals surface area contributed by atoms with E-state index in [0.717, 1.165) is 4.68 Å². The molecule has 184 valence electrons. The number of alkyl halides is 3. The van der Waals surface area contributed by atoms with E-state index < -0.39 is 24.4 Å². The lowest BCUT2D eigenvalue weighted by atomic mass is 9.99. The van der Waals surface area contributed by atoms with Gasteiger partial charge in [-0.25, -0.2) is 9.97 Å². The van der Waals surface area contributed by atoms with E-state index in [2.05, 4.69) is 10.1 Å². The molecule has 1 amide bonds. The van der Waals surface area contributed by atoms with Crippen LogP contribution < -0.4 is 14.4 Å². The molecule has 0 radical (unpaired) electrons. The van der Waals surface area contributed by atoms with Crippen LogP contribution in [0.3, 0.4) is 0 Å². The highest BCUT2D eigenvalue weighted by Crippen LogP contribution is 2.49. The molecule has 1 fully saturated rings. The largest absolute Gasteiger partial charge is 0.491 e. The van der Waals surface area contributed by atoms with E-state index in [4.69, 9.17) is 19.2 Å². The van der Waals surface area contributed by atoms with Crippen LogP contribution in [0.25, 0.3) is 11.3 Å². The van der Waals surface area contributed by atoms with Crippen molar-refractivity contribution in [1.29, 1.82) is 0 Å². The molecule has 1 spiro atoms. The zero-order valence-electron chi connectivity index (χ0n) is 19.2. The lowest BCUT2D eigenvalue weighted by Crippen LogP contribution is -2.43. The smallest absolute Gasteiger partial charge is 0.408 e. The fourth-order valence-corrected chi connectivity index (χ4v) is 4.68. The normalized spacial score (nSPS) is 19.5. The van der Waals surface area contributed by atoms with Crippen LogP contribution >= 0.6 is 0 Å². The molecule has 9 nitrogen and oxygen atoms in total. The van der Waals surface area contributed by atoms with Crippen molar-refractivity contribution in [3.05, 3.63) is 47.5 Å². The van der Waals surface area contributed by atoms with E-state index in [-0.39, 0.29) is 5.69 Å². The summed E-state index contributed by atoms with van der Waals surface area (Å²) in [7, 11) is 2.99. The Kier molecular flexibility index (Phi) is 5.42. The van der Waals surface area contributed by atoms with Crippen LogP contribution in [0.5, 0.6) is 11.6 Å². The summed E-state index contributed by atoms with van der Waals surface area (Å²) < 4.78 is 56.1. The number of nitrogens with zero attached hydrogens (tertiary/aromatic N) is 5. The SMILES string of the molecule is COc1cc(-c2cc(C)c3c(n2)[C@]2(CCCO2)N(c2cnn(CC(F)(F)F)c2)C3=O)cnc1OC. The lowest BCUT2D eigenvalue weighted by molar-refractivity contribution is -0.142. The molecular formula is C23H22F3N5O4. The minimum absolute atomic E-state index is 0.216. The molecule has 1 atom stereocenters. The molecular weight excluding hydrogens is 467 g/mol. The first-order chi connectivity index (χ1) is 16.7. The molecule has 0 saturated carbocycles. The summed E-state index contributed by atoms with van der Waals surface area (Å²) in [5.41, 5.74) is 1.62. The second kappa shape index (κ2) is 8.22. The number of hydrogen-bond acceptors (Lipinski definition) is 7. The van der Waals surface area contributed by atoms with Gasteiger partial charge in [0.2, 0.25) is 0 Å². The highest BCUT2D eigenvalue weighted by molar-refractivity contribution is 6.12. The van der Waals surface area contributed by atoms with Crippen molar-refractivity contribution in [3.63, 3.8) is 0 Å². The summed E-state index contributed by atoms with van der Waals surface area (Å²) in [6.45, 7) is 0.904. The topological polar surface area (TPSA) is 91.6 Å². The van der Waals surface area contributed by atoms with Gasteiger partial charge in [0.1, 0.15) is 12.2 Å². The molecule has 3 aromatic heterocycles. The Labute approximate surface area is 198 Å². The zero-order chi connectivity index (χ0) is 25.0. The monoisotopic (exact) mass is 489 g/mol. The number of amides is 1. The van der Waals surface area contributed by atoms with Crippen molar-refractivity contribution in [3.8, 4) is 22.9 Å². The Morgan fingerprint density at radius 2 is 2.00 bits per heavy atom. The maximum absolute atomic E-state index is 13.6. The quantitative estimate of drug-likeness (QED) is 0.538. The minimum Gasteiger partial charge on any atom is -0.491 e. The van der Waals surface area contributed by atoms with Crippen LogP contribution in [0.2, 0.25) is 0 Å². The Morgan fingerprint density at radius 1 is 1.20 bits per heavy atom. The molecule has 12 heteroatoms. The first-order valence-corrected chi connectivity index (χ1v) is 10.8. The highest BCUT2D eigenvalue weighted by atomic mass is 19.4. The predicted molar refractivity (Wildman–Crippen MR) is 117 cm³/mol. The van der Waals surface area contributed by atoms with E-state index >= 15 is 0 Å². The van der Waals surface area contributed by atoms with Crippen molar-refractivity contribution >= 4 is 11.6 Å². The van der Waals surface area contributed by atoms with Crippen molar-refractivity contribution in [1.82, 2.24) is 19.7 Å². The number of carbonyl (C=O) groups excluding carboxylic acids is 1. The molecule has 5 heterocycles. The second-order valence-corrected chi connectivity index (χ2v) is 8.37. The Morgan fingerprint density at radius 3 is 2.66 bits per heavy atom. The van der Waals surface area contributed by atoms with Crippen LogP contribution in [0.15, 0.2) is 30.7 Å². The van der Waals surface area contributed by atoms with Gasteiger partial charge in [0, 0.05) is 24.4 Å². The average Bonchev–Trinajstić information content (AvgIpc) is 3.52. The van der Waals surface area contributed by atoms with E-state index in [1.54, 1.807) is 25.3 Å². The van der Waals surface area contributed by atoms with Gasteiger partial charge in [-0.1, -0.05) is 0 Å². The van der Waals surface area contributed by atoms with Gasteiger partial charge in [0.15, 0.2) is 11.5 Å². The summed E-state index contributed by atoms with van der Waals surface area (Å²) in [5, 5.41) is 3.81. The van der Waals surface area contributed by atoms with Gasteiger partial charge in [-0.2, -0.15) is 18.3 Å². The molecule has 1 saturated heterocycles. The van der Waals surface area contributed by atoms with Gasteiger partial charge in [-0.3, -0.25) is 14.4 Å². The van der Waals surface area contributed by atoms with Gasteiger partial charge < -0.3 is 14.2 Å². The molecule has 35 heavy (non-hydrogen) atoms.